The molecule has 1 aliphatic rings. The number of hydrogen-bond donors (Lipinski definition) is 0. The number of likely N-dealkylation sites (N-methyl/N-ethyl adjacent to an activating group) is 1. The van der Waals surface area contributed by atoms with Gasteiger partial charge in [-0.3, -0.25) is 0 Å². The maximum absolute atomic E-state index is 5.50. The Hall–Kier alpha value is 0.560. The molecule has 1 heterocycles. The van der Waals surface area contributed by atoms with Gasteiger partial charge in [0.05, 0.1) is 13.2 Å². The Kier molecular flexibility index (Phi) is 6.20. The molecule has 0 aromatic rings. The van der Waals surface area contributed by atoms with Crippen molar-refractivity contribution < 1.29 is 4.74 Å². The maximum Gasteiger partial charge on any atom is 0.0602 e. The summed E-state index contributed by atoms with van der Waals surface area (Å²) in [6.45, 7) is 2.52. The van der Waals surface area contributed by atoms with Crippen LogP contribution in [0.25, 0.3) is 0 Å². The van der Waals surface area contributed by atoms with Gasteiger partial charge in [-0.2, -0.15) is 11.8 Å². The van der Waals surface area contributed by atoms with Gasteiger partial charge in [0, 0.05) is 24.2 Å². The summed E-state index contributed by atoms with van der Waals surface area (Å²) in [4.78, 5) is 2.40. The lowest BCUT2D eigenvalue weighted by Crippen LogP contribution is -2.34. The van der Waals surface area contributed by atoms with Crippen LogP contribution in [-0.2, 0) is 4.74 Å². The van der Waals surface area contributed by atoms with E-state index in [1.807, 2.05) is 0 Å². The van der Waals surface area contributed by atoms with E-state index in [2.05, 4.69) is 23.7 Å². The van der Waals surface area contributed by atoms with Gasteiger partial charge in [-0.05, 0) is 19.2 Å². The van der Waals surface area contributed by atoms with Crippen LogP contribution in [0.5, 0.6) is 0 Å². The van der Waals surface area contributed by atoms with Crippen molar-refractivity contribution in [2.45, 2.75) is 12.5 Å². The molecule has 1 aliphatic heterocycles. The van der Waals surface area contributed by atoms with Crippen LogP contribution in [0, 0.1) is 0 Å². The molecular formula is C9H18ClNOS. The Morgan fingerprint density at radius 3 is 3.00 bits per heavy atom. The second-order valence-electron chi connectivity index (χ2n) is 3.30. The second kappa shape index (κ2) is 6.93. The first-order valence-electron chi connectivity index (χ1n) is 4.76. The molecule has 0 aromatic carbocycles. The highest BCUT2D eigenvalue weighted by Gasteiger charge is 2.19. The fourth-order valence-electron chi connectivity index (χ4n) is 1.42. The molecule has 78 valence electrons. The predicted octanol–water partition coefficient (Wildman–Crippen LogP) is 1.68. The van der Waals surface area contributed by atoms with Crippen molar-refractivity contribution in [3.63, 3.8) is 0 Å². The van der Waals surface area contributed by atoms with E-state index >= 15 is 0 Å². The predicted molar refractivity (Wildman–Crippen MR) is 59.9 cm³/mol. The number of ether oxygens (including phenoxy) is 1. The van der Waals surface area contributed by atoms with Crippen molar-refractivity contribution in [1.29, 1.82) is 0 Å². The molecule has 1 atom stereocenters. The number of nitrogens with zero attached hydrogens (tertiary/aromatic N) is 1. The molecule has 0 radical (unpaired) electrons. The Labute approximate surface area is 90.0 Å². The minimum Gasteiger partial charge on any atom is -0.379 e. The lowest BCUT2D eigenvalue weighted by molar-refractivity contribution is 0.112. The quantitative estimate of drug-likeness (QED) is 0.502. The molecule has 1 fully saturated rings. The third-order valence-corrected chi connectivity index (χ3v) is 3.64. The van der Waals surface area contributed by atoms with Crippen molar-refractivity contribution in [3.8, 4) is 0 Å². The first-order valence-corrected chi connectivity index (χ1v) is 6.45. The molecular weight excluding hydrogens is 206 g/mol. The average Bonchev–Trinajstić information content (AvgIpc) is 2.65. The Balaban J connectivity index is 1.99. The number of alkyl halides is 1. The molecule has 1 rings (SSSR count). The summed E-state index contributed by atoms with van der Waals surface area (Å²) in [7, 11) is 2.18. The number of hydrogen-bond acceptors (Lipinski definition) is 3. The summed E-state index contributed by atoms with van der Waals surface area (Å²) in [5.74, 6) is 3.20. The van der Waals surface area contributed by atoms with Gasteiger partial charge < -0.3 is 9.64 Å². The summed E-state index contributed by atoms with van der Waals surface area (Å²) >= 11 is 7.55. The third kappa shape index (κ3) is 4.54. The molecule has 0 N–H and O–H groups in total. The van der Waals surface area contributed by atoms with Gasteiger partial charge in [0.15, 0.2) is 0 Å². The van der Waals surface area contributed by atoms with Crippen molar-refractivity contribution >= 4 is 23.4 Å². The van der Waals surface area contributed by atoms with Crippen molar-refractivity contribution in [1.82, 2.24) is 4.90 Å². The van der Waals surface area contributed by atoms with Gasteiger partial charge in [0.1, 0.15) is 0 Å². The van der Waals surface area contributed by atoms with Crippen LogP contribution in [0.2, 0.25) is 0 Å². The summed E-state index contributed by atoms with van der Waals surface area (Å²) in [5, 5.41) is 0. The molecule has 4 heteroatoms. The highest BCUT2D eigenvalue weighted by Crippen LogP contribution is 2.20. The molecule has 0 aliphatic carbocycles. The molecule has 1 saturated heterocycles. The molecule has 0 aromatic heterocycles. The van der Waals surface area contributed by atoms with E-state index in [0.29, 0.717) is 12.5 Å². The first-order chi connectivity index (χ1) is 6.34. The fourth-order valence-corrected chi connectivity index (χ4v) is 2.83. The molecule has 1 unspecified atom stereocenters. The molecule has 2 nitrogen and oxygen atoms in total. The Morgan fingerprint density at radius 2 is 2.38 bits per heavy atom. The molecule has 0 bridgehead atoms. The molecule has 0 amide bonds. The highest BCUT2D eigenvalue weighted by molar-refractivity contribution is 7.99. The fraction of sp³-hybridized carbons (Fsp3) is 1.00. The summed E-state index contributed by atoms with van der Waals surface area (Å²) in [6, 6.07) is 0.768. The average molecular weight is 224 g/mol. The van der Waals surface area contributed by atoms with E-state index in [9.17, 15) is 0 Å². The maximum atomic E-state index is 5.50. The van der Waals surface area contributed by atoms with E-state index in [4.69, 9.17) is 16.3 Å². The Morgan fingerprint density at radius 1 is 1.54 bits per heavy atom. The minimum absolute atomic E-state index is 0.600. The number of thioether (sulfide) groups is 1. The van der Waals surface area contributed by atoms with E-state index in [1.54, 1.807) is 0 Å². The van der Waals surface area contributed by atoms with E-state index in [0.717, 1.165) is 19.2 Å². The van der Waals surface area contributed by atoms with Crippen LogP contribution < -0.4 is 0 Å². The Bertz CT molecular complexity index is 131. The lowest BCUT2D eigenvalue weighted by Gasteiger charge is -2.22. The smallest absolute Gasteiger partial charge is 0.0602 e. The van der Waals surface area contributed by atoms with Crippen molar-refractivity contribution in [2.75, 3.05) is 44.2 Å². The van der Waals surface area contributed by atoms with Crippen LogP contribution in [0.4, 0.5) is 0 Å². The first kappa shape index (κ1) is 11.6. The molecule has 0 saturated carbocycles. The SMILES string of the molecule is CN(CCOCCCl)C1CCSC1. The minimum atomic E-state index is 0.600. The standard InChI is InChI=1S/C9H18ClNOS/c1-11(4-6-12-5-3-10)9-2-7-13-8-9/h9H,2-8H2,1H3. The topological polar surface area (TPSA) is 12.5 Å². The number of halogens is 1. The zero-order valence-electron chi connectivity index (χ0n) is 8.17. The van der Waals surface area contributed by atoms with Gasteiger partial charge in [0.2, 0.25) is 0 Å². The molecule has 0 spiro atoms. The van der Waals surface area contributed by atoms with Crippen molar-refractivity contribution in [3.05, 3.63) is 0 Å². The van der Waals surface area contributed by atoms with Crippen LogP contribution in [0.3, 0.4) is 0 Å². The van der Waals surface area contributed by atoms with Gasteiger partial charge in [-0.25, -0.2) is 0 Å². The monoisotopic (exact) mass is 223 g/mol. The van der Waals surface area contributed by atoms with Gasteiger partial charge in [-0.1, -0.05) is 0 Å². The number of rotatable bonds is 6. The highest BCUT2D eigenvalue weighted by atomic mass is 35.5. The van der Waals surface area contributed by atoms with Crippen molar-refractivity contribution in [2.24, 2.45) is 0 Å². The zero-order valence-corrected chi connectivity index (χ0v) is 9.74. The summed E-state index contributed by atoms with van der Waals surface area (Å²) in [6.07, 6.45) is 1.33. The van der Waals surface area contributed by atoms with Crippen LogP contribution in [-0.4, -0.2) is 55.1 Å². The summed E-state index contributed by atoms with van der Waals surface area (Å²) < 4.78 is 5.33. The third-order valence-electron chi connectivity index (χ3n) is 2.34. The van der Waals surface area contributed by atoms with Gasteiger partial charge in [0.25, 0.3) is 0 Å². The van der Waals surface area contributed by atoms with Gasteiger partial charge in [-0.15, -0.1) is 11.6 Å². The van der Waals surface area contributed by atoms with E-state index in [-0.39, 0.29) is 0 Å². The summed E-state index contributed by atoms with van der Waals surface area (Å²) in [5.41, 5.74) is 0. The second-order valence-corrected chi connectivity index (χ2v) is 4.83. The van der Waals surface area contributed by atoms with E-state index in [1.165, 1.54) is 17.9 Å². The van der Waals surface area contributed by atoms with Crippen LogP contribution in [0.15, 0.2) is 0 Å². The molecule has 13 heavy (non-hydrogen) atoms. The normalized spacial score (nSPS) is 22.8. The largest absolute Gasteiger partial charge is 0.379 e. The van der Waals surface area contributed by atoms with Crippen LogP contribution in [0.1, 0.15) is 6.42 Å². The zero-order chi connectivity index (χ0) is 9.52. The van der Waals surface area contributed by atoms with Crippen LogP contribution >= 0.6 is 23.4 Å². The lowest BCUT2D eigenvalue weighted by atomic mass is 10.2. The van der Waals surface area contributed by atoms with Gasteiger partial charge >= 0.3 is 0 Å². The van der Waals surface area contributed by atoms with E-state index < -0.39 is 0 Å².